The summed E-state index contributed by atoms with van der Waals surface area (Å²) in [5.74, 6) is -1.61. The molecule has 0 aliphatic rings. The zero-order valence-electron chi connectivity index (χ0n) is 9.47. The van der Waals surface area contributed by atoms with Crippen LogP contribution >= 0.6 is 47.8 Å². The van der Waals surface area contributed by atoms with Crippen molar-refractivity contribution in [1.29, 1.82) is 0 Å². The van der Waals surface area contributed by atoms with Gasteiger partial charge in [-0.1, -0.05) is 13.3 Å². The molecular weight excluding hydrogens is 436 g/mol. The van der Waals surface area contributed by atoms with Crippen molar-refractivity contribution in [3.63, 3.8) is 0 Å². The molecule has 1 aromatic rings. The van der Waals surface area contributed by atoms with Gasteiger partial charge in [0.15, 0.2) is 11.5 Å². The lowest BCUT2D eigenvalue weighted by atomic mass is 10.2. The molecule has 2 N–H and O–H groups in total. The van der Waals surface area contributed by atoms with Crippen LogP contribution in [-0.2, 0) is 4.74 Å². The number of phenolic OH excluding ortho intramolecular Hbond substituents is 2. The number of phenols is 2. The van der Waals surface area contributed by atoms with Crippen molar-refractivity contribution >= 4 is 53.8 Å². The van der Waals surface area contributed by atoms with E-state index in [0.29, 0.717) is 8.95 Å². The van der Waals surface area contributed by atoms with E-state index in [9.17, 15) is 15.0 Å². The van der Waals surface area contributed by atoms with Crippen molar-refractivity contribution in [3.8, 4) is 11.5 Å². The lowest BCUT2D eigenvalue weighted by molar-refractivity contribution is 0.0494. The quantitative estimate of drug-likeness (QED) is 0.312. The summed E-state index contributed by atoms with van der Waals surface area (Å²) >= 11 is 9.46. The molecule has 0 spiro atoms. The van der Waals surface area contributed by atoms with Gasteiger partial charge in [0, 0.05) is 0 Å². The number of hydrogen-bond acceptors (Lipinski definition) is 4. The van der Waals surface area contributed by atoms with Gasteiger partial charge >= 0.3 is 5.97 Å². The van der Waals surface area contributed by atoms with Crippen LogP contribution in [0.25, 0.3) is 0 Å². The molecule has 0 aromatic heterocycles. The van der Waals surface area contributed by atoms with E-state index in [-0.39, 0.29) is 16.6 Å². The Morgan fingerprint density at radius 2 is 1.72 bits per heavy atom. The second kappa shape index (κ2) is 6.77. The molecule has 1 rings (SSSR count). The van der Waals surface area contributed by atoms with E-state index in [1.54, 1.807) is 0 Å². The molecule has 0 heterocycles. The Hall–Kier alpha value is -0.270. The smallest absolute Gasteiger partial charge is 0.343 e. The summed E-state index contributed by atoms with van der Waals surface area (Å²) in [5, 5.41) is 19.4. The van der Waals surface area contributed by atoms with Crippen molar-refractivity contribution in [2.24, 2.45) is 0 Å². The van der Waals surface area contributed by atoms with E-state index in [4.69, 9.17) is 4.74 Å². The van der Waals surface area contributed by atoms with Crippen LogP contribution in [0.5, 0.6) is 11.5 Å². The molecule has 0 amide bonds. The highest BCUT2D eigenvalue weighted by Crippen LogP contribution is 2.46. The van der Waals surface area contributed by atoms with Gasteiger partial charge in [-0.2, -0.15) is 0 Å². The van der Waals surface area contributed by atoms with Crippen LogP contribution in [0.2, 0.25) is 0 Å². The summed E-state index contributed by atoms with van der Waals surface area (Å²) in [6, 6.07) is 0. The fourth-order valence-electron chi connectivity index (χ4n) is 1.20. The highest BCUT2D eigenvalue weighted by Gasteiger charge is 2.25. The van der Waals surface area contributed by atoms with Gasteiger partial charge in [0.1, 0.15) is 5.56 Å². The average molecular weight is 447 g/mol. The second-order valence-corrected chi connectivity index (χ2v) is 5.88. The number of carbonyl (C=O) groups excluding carboxylic acids is 1. The molecule has 0 aliphatic heterocycles. The molecule has 0 radical (unpaired) electrons. The maximum Gasteiger partial charge on any atom is 0.343 e. The number of rotatable bonds is 4. The molecule has 0 fully saturated rings. The van der Waals surface area contributed by atoms with Crippen molar-refractivity contribution in [3.05, 3.63) is 19.0 Å². The molecule has 1 aromatic carbocycles. The molecule has 0 unspecified atom stereocenters. The summed E-state index contributed by atoms with van der Waals surface area (Å²) in [6.45, 7) is 2.25. The largest absolute Gasteiger partial charge is 0.504 e. The van der Waals surface area contributed by atoms with Gasteiger partial charge in [-0.15, -0.1) is 0 Å². The SMILES string of the molecule is CCCCOC(=O)c1c(O)c(O)c(Br)c(Br)c1Br. The minimum atomic E-state index is -0.684. The minimum Gasteiger partial charge on any atom is -0.504 e. The Morgan fingerprint density at radius 3 is 2.28 bits per heavy atom. The lowest BCUT2D eigenvalue weighted by Crippen LogP contribution is -2.08. The van der Waals surface area contributed by atoms with E-state index in [0.717, 1.165) is 12.8 Å². The molecule has 0 saturated heterocycles. The second-order valence-electron chi connectivity index (χ2n) is 3.50. The first-order valence-electron chi connectivity index (χ1n) is 5.17. The van der Waals surface area contributed by atoms with Crippen LogP contribution in [-0.4, -0.2) is 22.8 Å². The van der Waals surface area contributed by atoms with E-state index < -0.39 is 17.5 Å². The summed E-state index contributed by atoms with van der Waals surface area (Å²) in [6.07, 6.45) is 1.64. The fraction of sp³-hybridized carbons (Fsp3) is 0.364. The van der Waals surface area contributed by atoms with Crippen molar-refractivity contribution in [1.82, 2.24) is 0 Å². The number of esters is 1. The van der Waals surface area contributed by atoms with Crippen LogP contribution in [0.15, 0.2) is 13.4 Å². The van der Waals surface area contributed by atoms with Gasteiger partial charge < -0.3 is 14.9 Å². The molecule has 0 aliphatic carbocycles. The summed E-state index contributed by atoms with van der Waals surface area (Å²) < 4.78 is 6.02. The van der Waals surface area contributed by atoms with Gasteiger partial charge in [0.2, 0.25) is 0 Å². The average Bonchev–Trinajstić information content (AvgIpc) is 2.34. The van der Waals surface area contributed by atoms with E-state index in [1.165, 1.54) is 0 Å². The molecule has 7 heteroatoms. The number of halogens is 3. The molecule has 0 atom stereocenters. The van der Waals surface area contributed by atoms with Gasteiger partial charge in [0.25, 0.3) is 0 Å². The zero-order chi connectivity index (χ0) is 13.9. The van der Waals surface area contributed by atoms with E-state index in [1.807, 2.05) is 6.92 Å². The maximum absolute atomic E-state index is 11.8. The molecule has 18 heavy (non-hydrogen) atoms. The number of benzene rings is 1. The van der Waals surface area contributed by atoms with Crippen molar-refractivity contribution in [2.75, 3.05) is 6.61 Å². The Labute approximate surface area is 130 Å². The van der Waals surface area contributed by atoms with E-state index in [2.05, 4.69) is 47.8 Å². The molecular formula is C11H11Br3O4. The van der Waals surface area contributed by atoms with Crippen LogP contribution in [0.4, 0.5) is 0 Å². The standard InChI is InChI=1S/C11H11Br3O4/c1-2-3-4-18-11(17)5-6(12)7(13)8(14)10(16)9(5)15/h15-16H,2-4H2,1H3. The first kappa shape index (κ1) is 15.8. The summed E-state index contributed by atoms with van der Waals surface area (Å²) in [5.41, 5.74) is -0.0984. The van der Waals surface area contributed by atoms with Crippen molar-refractivity contribution < 1.29 is 19.7 Å². The van der Waals surface area contributed by atoms with Crippen LogP contribution in [0, 0.1) is 0 Å². The predicted octanol–water partition coefficient (Wildman–Crippen LogP) is 4.34. The topological polar surface area (TPSA) is 66.8 Å². The minimum absolute atomic E-state index is 0.0984. The Bertz CT molecular complexity index is 445. The Kier molecular flexibility index (Phi) is 5.94. The molecule has 4 nitrogen and oxygen atoms in total. The number of aromatic hydroxyl groups is 2. The van der Waals surface area contributed by atoms with Gasteiger partial charge in [0.05, 0.1) is 20.0 Å². The first-order chi connectivity index (χ1) is 8.41. The van der Waals surface area contributed by atoms with Crippen LogP contribution < -0.4 is 0 Å². The third-order valence-electron chi connectivity index (χ3n) is 2.21. The zero-order valence-corrected chi connectivity index (χ0v) is 14.2. The van der Waals surface area contributed by atoms with Gasteiger partial charge in [-0.25, -0.2) is 4.79 Å². The monoisotopic (exact) mass is 444 g/mol. The number of ether oxygens (including phenoxy) is 1. The number of unbranched alkanes of at least 4 members (excludes halogenated alkanes) is 1. The molecule has 100 valence electrons. The summed E-state index contributed by atoms with van der Waals surface area (Å²) in [4.78, 5) is 11.8. The third kappa shape index (κ3) is 3.19. The summed E-state index contributed by atoms with van der Waals surface area (Å²) in [7, 11) is 0. The highest BCUT2D eigenvalue weighted by molar-refractivity contribution is 9.14. The van der Waals surface area contributed by atoms with Crippen LogP contribution in [0.1, 0.15) is 30.1 Å². The Morgan fingerprint density at radius 1 is 1.11 bits per heavy atom. The highest BCUT2D eigenvalue weighted by atomic mass is 79.9. The lowest BCUT2D eigenvalue weighted by Gasteiger charge is -2.12. The van der Waals surface area contributed by atoms with Crippen molar-refractivity contribution in [2.45, 2.75) is 19.8 Å². The molecule has 0 bridgehead atoms. The maximum atomic E-state index is 11.8. The van der Waals surface area contributed by atoms with Gasteiger partial charge in [-0.05, 0) is 54.2 Å². The number of carbonyl (C=O) groups is 1. The molecule has 0 saturated carbocycles. The Balaban J connectivity index is 3.13. The predicted molar refractivity (Wildman–Crippen MR) is 78.1 cm³/mol. The first-order valence-corrected chi connectivity index (χ1v) is 7.55. The fourth-order valence-corrected chi connectivity index (χ4v) is 2.79. The van der Waals surface area contributed by atoms with Crippen LogP contribution in [0.3, 0.4) is 0 Å². The van der Waals surface area contributed by atoms with E-state index >= 15 is 0 Å². The normalized spacial score (nSPS) is 10.4. The number of hydrogen-bond donors (Lipinski definition) is 2. The third-order valence-corrected chi connectivity index (χ3v) is 5.63. The van der Waals surface area contributed by atoms with Gasteiger partial charge in [-0.3, -0.25) is 0 Å².